The highest BCUT2D eigenvalue weighted by molar-refractivity contribution is 7.10. The molecule has 34 heavy (non-hydrogen) atoms. The van der Waals surface area contributed by atoms with Gasteiger partial charge in [0.15, 0.2) is 0 Å². The summed E-state index contributed by atoms with van der Waals surface area (Å²) in [6.07, 6.45) is 6.26. The molecule has 2 heterocycles. The van der Waals surface area contributed by atoms with Gasteiger partial charge in [-0.1, -0.05) is 38.3 Å². The molecule has 1 aromatic heterocycles. The number of fused-ring (bicyclic) bond motifs is 1. The van der Waals surface area contributed by atoms with Crippen LogP contribution in [0.1, 0.15) is 67.5 Å². The molecule has 186 valence electrons. The molecule has 3 rings (SSSR count). The predicted molar refractivity (Wildman–Crippen MR) is 136 cm³/mol. The number of amides is 2. The van der Waals surface area contributed by atoms with Crippen LogP contribution in [0.2, 0.25) is 0 Å². The summed E-state index contributed by atoms with van der Waals surface area (Å²) in [6.45, 7) is 4.04. The predicted octanol–water partition coefficient (Wildman–Crippen LogP) is 5.07. The second-order valence-electron chi connectivity index (χ2n) is 8.78. The molecule has 0 saturated heterocycles. The highest BCUT2D eigenvalue weighted by atomic mass is 32.1. The van der Waals surface area contributed by atoms with E-state index in [0.29, 0.717) is 26.1 Å². The summed E-state index contributed by atoms with van der Waals surface area (Å²) in [6, 6.07) is 9.93. The first-order valence-corrected chi connectivity index (χ1v) is 13.2. The summed E-state index contributed by atoms with van der Waals surface area (Å²) in [5.74, 6) is 0.854. The Morgan fingerprint density at radius 2 is 1.88 bits per heavy atom. The lowest BCUT2D eigenvalue weighted by atomic mass is 9.93. The van der Waals surface area contributed by atoms with Gasteiger partial charge in [-0.25, -0.2) is 0 Å². The van der Waals surface area contributed by atoms with Crippen LogP contribution < -0.4 is 4.74 Å². The summed E-state index contributed by atoms with van der Waals surface area (Å²) in [5, 5.41) is 2.10. The molecule has 0 N–H and O–H groups in total. The first-order chi connectivity index (χ1) is 16.6. The second-order valence-corrected chi connectivity index (χ2v) is 9.78. The molecular weight excluding hydrogens is 448 g/mol. The number of unbranched alkanes of at least 4 members (excludes halogenated alkanes) is 3. The molecule has 0 spiro atoms. The van der Waals surface area contributed by atoms with E-state index in [1.807, 2.05) is 29.2 Å². The SMILES string of the molecule is CCCCCCC(=O)N(CCCOC)CC(=O)N1CCc2sccc2C1c1ccc(OC)cc1. The van der Waals surface area contributed by atoms with Crippen LogP contribution in [0.15, 0.2) is 35.7 Å². The quantitative estimate of drug-likeness (QED) is 0.371. The molecule has 1 atom stereocenters. The molecule has 1 unspecified atom stereocenters. The van der Waals surface area contributed by atoms with Gasteiger partial charge in [0.2, 0.25) is 11.8 Å². The van der Waals surface area contributed by atoms with Crippen molar-refractivity contribution in [2.75, 3.05) is 40.5 Å². The Morgan fingerprint density at radius 1 is 1.09 bits per heavy atom. The molecule has 2 aromatic rings. The van der Waals surface area contributed by atoms with Crippen molar-refractivity contribution in [2.24, 2.45) is 0 Å². The molecule has 0 bridgehead atoms. The Bertz CT molecular complexity index is 912. The highest BCUT2D eigenvalue weighted by Crippen LogP contribution is 2.38. The molecular formula is C27H38N2O4S. The van der Waals surface area contributed by atoms with Crippen LogP contribution in [0.5, 0.6) is 5.75 Å². The van der Waals surface area contributed by atoms with Crippen molar-refractivity contribution in [3.63, 3.8) is 0 Å². The van der Waals surface area contributed by atoms with Crippen molar-refractivity contribution in [1.29, 1.82) is 0 Å². The Balaban J connectivity index is 1.77. The number of benzene rings is 1. The summed E-state index contributed by atoms with van der Waals surface area (Å²) in [4.78, 5) is 31.7. The first-order valence-electron chi connectivity index (χ1n) is 12.3. The molecule has 6 nitrogen and oxygen atoms in total. The van der Waals surface area contributed by atoms with Gasteiger partial charge < -0.3 is 19.3 Å². The number of nitrogens with zero attached hydrogens (tertiary/aromatic N) is 2. The van der Waals surface area contributed by atoms with E-state index >= 15 is 0 Å². The minimum Gasteiger partial charge on any atom is -0.497 e. The van der Waals surface area contributed by atoms with E-state index in [0.717, 1.165) is 49.8 Å². The van der Waals surface area contributed by atoms with Crippen molar-refractivity contribution >= 4 is 23.2 Å². The first kappa shape index (κ1) is 26.2. The van der Waals surface area contributed by atoms with E-state index in [4.69, 9.17) is 9.47 Å². The van der Waals surface area contributed by atoms with E-state index < -0.39 is 0 Å². The third-order valence-electron chi connectivity index (χ3n) is 6.42. The second kappa shape index (κ2) is 13.5. The lowest BCUT2D eigenvalue weighted by Crippen LogP contribution is -2.47. The van der Waals surface area contributed by atoms with Crippen molar-refractivity contribution in [3.8, 4) is 5.75 Å². The smallest absolute Gasteiger partial charge is 0.242 e. The van der Waals surface area contributed by atoms with Gasteiger partial charge in [-0.15, -0.1) is 11.3 Å². The fourth-order valence-electron chi connectivity index (χ4n) is 4.54. The fourth-order valence-corrected chi connectivity index (χ4v) is 5.44. The number of rotatable bonds is 13. The zero-order valence-corrected chi connectivity index (χ0v) is 21.6. The summed E-state index contributed by atoms with van der Waals surface area (Å²) in [5.41, 5.74) is 2.25. The zero-order valence-electron chi connectivity index (χ0n) is 20.8. The Labute approximate surface area is 207 Å². The molecule has 1 aromatic carbocycles. The molecule has 1 aliphatic rings. The Morgan fingerprint density at radius 3 is 2.59 bits per heavy atom. The van der Waals surface area contributed by atoms with E-state index in [9.17, 15) is 9.59 Å². The van der Waals surface area contributed by atoms with Gasteiger partial charge in [-0.05, 0) is 54.0 Å². The molecule has 7 heteroatoms. The summed E-state index contributed by atoms with van der Waals surface area (Å²) < 4.78 is 10.5. The van der Waals surface area contributed by atoms with Gasteiger partial charge in [-0.2, -0.15) is 0 Å². The summed E-state index contributed by atoms with van der Waals surface area (Å²) >= 11 is 1.75. The number of carbonyl (C=O) groups excluding carboxylic acids is 2. The number of hydrogen-bond donors (Lipinski definition) is 0. The average Bonchev–Trinajstić information content (AvgIpc) is 3.34. The third-order valence-corrected chi connectivity index (χ3v) is 7.41. The van der Waals surface area contributed by atoms with Crippen LogP contribution in [0.3, 0.4) is 0 Å². The lowest BCUT2D eigenvalue weighted by molar-refractivity contribution is -0.142. The third kappa shape index (κ3) is 6.83. The van der Waals surface area contributed by atoms with Crippen molar-refractivity contribution < 1.29 is 19.1 Å². The average molecular weight is 487 g/mol. The molecule has 0 aliphatic carbocycles. The van der Waals surface area contributed by atoms with E-state index in [-0.39, 0.29) is 24.4 Å². The molecule has 0 saturated carbocycles. The fraction of sp³-hybridized carbons (Fsp3) is 0.556. The molecule has 1 aliphatic heterocycles. The molecule has 0 fully saturated rings. The van der Waals surface area contributed by atoms with Gasteiger partial charge >= 0.3 is 0 Å². The van der Waals surface area contributed by atoms with E-state index in [1.165, 1.54) is 10.4 Å². The van der Waals surface area contributed by atoms with Gasteiger partial charge in [0, 0.05) is 38.1 Å². The Kier molecular flexibility index (Phi) is 10.4. The zero-order chi connectivity index (χ0) is 24.3. The van der Waals surface area contributed by atoms with Crippen LogP contribution in [0.4, 0.5) is 0 Å². The van der Waals surface area contributed by atoms with Crippen molar-refractivity contribution in [1.82, 2.24) is 9.80 Å². The minimum atomic E-state index is -0.145. The monoisotopic (exact) mass is 486 g/mol. The van der Waals surface area contributed by atoms with Crippen LogP contribution in [0.25, 0.3) is 0 Å². The van der Waals surface area contributed by atoms with Crippen LogP contribution in [0, 0.1) is 0 Å². The maximum absolute atomic E-state index is 13.6. The van der Waals surface area contributed by atoms with E-state index in [1.54, 1.807) is 30.5 Å². The van der Waals surface area contributed by atoms with Crippen LogP contribution in [-0.2, 0) is 20.7 Å². The summed E-state index contributed by atoms with van der Waals surface area (Å²) in [7, 11) is 3.31. The van der Waals surface area contributed by atoms with Crippen LogP contribution >= 0.6 is 11.3 Å². The van der Waals surface area contributed by atoms with E-state index in [2.05, 4.69) is 18.4 Å². The molecule has 0 radical (unpaired) electrons. The largest absolute Gasteiger partial charge is 0.497 e. The van der Waals surface area contributed by atoms with Gasteiger partial charge in [0.1, 0.15) is 5.75 Å². The topological polar surface area (TPSA) is 59.1 Å². The highest BCUT2D eigenvalue weighted by Gasteiger charge is 2.33. The number of thiophene rings is 1. The van der Waals surface area contributed by atoms with Crippen molar-refractivity contribution in [2.45, 2.75) is 57.9 Å². The van der Waals surface area contributed by atoms with Gasteiger partial charge in [0.05, 0.1) is 19.7 Å². The number of hydrogen-bond acceptors (Lipinski definition) is 5. The molecule has 2 amide bonds. The normalized spacial score (nSPS) is 15.1. The Hall–Kier alpha value is -2.38. The van der Waals surface area contributed by atoms with Gasteiger partial charge in [0.25, 0.3) is 0 Å². The number of methoxy groups -OCH3 is 2. The van der Waals surface area contributed by atoms with Gasteiger partial charge in [-0.3, -0.25) is 9.59 Å². The maximum atomic E-state index is 13.6. The minimum absolute atomic E-state index is 0.00278. The lowest BCUT2D eigenvalue weighted by Gasteiger charge is -2.37. The number of ether oxygens (including phenoxy) is 2. The standard InChI is InChI=1S/C27H38N2O4S/c1-4-5-6-7-9-25(30)28(16-8-18-32-2)20-26(31)29-17-14-24-23(15-19-34-24)27(29)21-10-12-22(33-3)13-11-21/h10-13,15,19,27H,4-9,14,16-18,20H2,1-3H3. The number of carbonyl (C=O) groups is 2. The maximum Gasteiger partial charge on any atom is 0.242 e. The van der Waals surface area contributed by atoms with Crippen LogP contribution in [-0.4, -0.2) is 62.1 Å². The van der Waals surface area contributed by atoms with Crippen molar-refractivity contribution in [3.05, 3.63) is 51.7 Å².